The number of anilines is 1. The van der Waals surface area contributed by atoms with Crippen molar-refractivity contribution in [1.82, 2.24) is 39.4 Å². The number of aryl methyl sites for hydroxylation is 1. The second-order valence-electron chi connectivity index (χ2n) is 13.6. The summed E-state index contributed by atoms with van der Waals surface area (Å²) in [4.78, 5) is 39.9. The highest BCUT2D eigenvalue weighted by Gasteiger charge is 2.38. The average Bonchev–Trinajstić information content (AvgIpc) is 3.81. The van der Waals surface area contributed by atoms with Gasteiger partial charge in [-0.2, -0.15) is 0 Å². The molecule has 3 N–H and O–H groups in total. The zero-order valence-corrected chi connectivity index (χ0v) is 27.2. The monoisotopic (exact) mass is 639 g/mol. The van der Waals surface area contributed by atoms with Crippen molar-refractivity contribution < 1.29 is 9.84 Å². The minimum atomic E-state index is -0.634. The lowest BCUT2D eigenvalue weighted by molar-refractivity contribution is -0.0323. The summed E-state index contributed by atoms with van der Waals surface area (Å²) >= 11 is 0. The van der Waals surface area contributed by atoms with Crippen LogP contribution < -0.4 is 16.1 Å². The zero-order valence-electron chi connectivity index (χ0n) is 27.2. The van der Waals surface area contributed by atoms with Crippen molar-refractivity contribution in [2.24, 2.45) is 0 Å². The third kappa shape index (κ3) is 6.13. The molecule has 0 bridgehead atoms. The number of hydrogen-bond donors (Lipinski definition) is 3. The number of ether oxygens (including phenoxy) is 1. The van der Waals surface area contributed by atoms with E-state index in [0.717, 1.165) is 60.0 Å². The Morgan fingerprint density at radius 2 is 1.77 bits per heavy atom. The summed E-state index contributed by atoms with van der Waals surface area (Å²) in [7, 11) is 0. The van der Waals surface area contributed by atoms with Crippen LogP contribution in [-0.2, 0) is 16.7 Å². The fourth-order valence-electron chi connectivity index (χ4n) is 6.59. The maximum atomic E-state index is 12.4. The van der Waals surface area contributed by atoms with Crippen LogP contribution in [-0.4, -0.2) is 83.4 Å². The third-order valence-corrected chi connectivity index (χ3v) is 9.35. The number of benzene rings is 2. The molecule has 2 aromatic carbocycles. The van der Waals surface area contributed by atoms with Crippen LogP contribution in [0.5, 0.6) is 0 Å². The average molecular weight is 640 g/mol. The lowest BCUT2D eigenvalue weighted by atomic mass is 9.87. The Kier molecular flexibility index (Phi) is 8.06. The van der Waals surface area contributed by atoms with Gasteiger partial charge in [0.2, 0.25) is 0 Å². The summed E-state index contributed by atoms with van der Waals surface area (Å²) in [6, 6.07) is 14.7. The minimum absolute atomic E-state index is 0.102. The number of aromatic amines is 2. The first kappa shape index (κ1) is 31.0. The molecule has 3 atom stereocenters. The molecule has 2 aliphatic heterocycles. The topological polar surface area (TPSA) is 150 Å². The number of para-hydroxylation sites is 1. The van der Waals surface area contributed by atoms with E-state index in [-0.39, 0.29) is 18.1 Å². The van der Waals surface area contributed by atoms with Crippen LogP contribution in [0.4, 0.5) is 5.69 Å². The number of rotatable bonds is 7. The van der Waals surface area contributed by atoms with Crippen molar-refractivity contribution >= 4 is 16.7 Å². The van der Waals surface area contributed by atoms with Crippen molar-refractivity contribution in [2.45, 2.75) is 64.4 Å². The van der Waals surface area contributed by atoms with Crippen LogP contribution in [0.25, 0.3) is 22.4 Å². The molecule has 13 heteroatoms. The van der Waals surface area contributed by atoms with E-state index in [1.807, 2.05) is 6.20 Å². The molecule has 0 saturated carbocycles. The molecule has 0 aliphatic carbocycles. The number of aliphatic hydroxyl groups is 1. The molecule has 2 fully saturated rings. The number of fused-ring (bicyclic) bond motifs is 1. The van der Waals surface area contributed by atoms with Gasteiger partial charge < -0.3 is 19.7 Å². The lowest BCUT2D eigenvalue weighted by Gasteiger charge is -2.35. The third-order valence-electron chi connectivity index (χ3n) is 9.35. The Morgan fingerprint density at radius 3 is 2.49 bits per heavy atom. The first-order valence-electron chi connectivity index (χ1n) is 16.1. The molecule has 0 radical (unpaired) electrons. The van der Waals surface area contributed by atoms with Crippen LogP contribution in [0.1, 0.15) is 56.3 Å². The van der Waals surface area contributed by atoms with Gasteiger partial charge in [-0.05, 0) is 30.0 Å². The molecule has 3 aromatic heterocycles. The van der Waals surface area contributed by atoms with Crippen LogP contribution in [0.2, 0.25) is 0 Å². The summed E-state index contributed by atoms with van der Waals surface area (Å²) in [5, 5.41) is 18.8. The molecule has 2 saturated heterocycles. The molecular formula is C34H41N9O4. The number of H-pyrrole nitrogens is 2. The quantitative estimate of drug-likeness (QED) is 0.244. The van der Waals surface area contributed by atoms with Crippen molar-refractivity contribution in [3.63, 3.8) is 0 Å². The maximum absolute atomic E-state index is 12.4. The van der Waals surface area contributed by atoms with Crippen molar-refractivity contribution in [1.29, 1.82) is 0 Å². The molecule has 0 amide bonds. The first-order chi connectivity index (χ1) is 22.6. The van der Waals surface area contributed by atoms with Gasteiger partial charge in [-0.15, -0.1) is 5.10 Å². The van der Waals surface area contributed by atoms with E-state index >= 15 is 0 Å². The van der Waals surface area contributed by atoms with E-state index in [1.165, 1.54) is 16.3 Å². The van der Waals surface area contributed by atoms with E-state index < -0.39 is 23.6 Å². The molecule has 7 rings (SSSR count). The van der Waals surface area contributed by atoms with Crippen molar-refractivity contribution in [2.75, 3.05) is 37.7 Å². The number of nitrogens with one attached hydrogen (secondary N) is 2. The Morgan fingerprint density at radius 1 is 1.00 bits per heavy atom. The summed E-state index contributed by atoms with van der Waals surface area (Å²) in [5.74, 6) is 0.873. The van der Waals surface area contributed by atoms with Gasteiger partial charge in [0.15, 0.2) is 0 Å². The Bertz CT molecular complexity index is 1990. The van der Waals surface area contributed by atoms with Crippen LogP contribution in [0.3, 0.4) is 0 Å². The summed E-state index contributed by atoms with van der Waals surface area (Å²) < 4.78 is 9.10. The number of aliphatic hydroxyl groups excluding tert-OH is 1. The normalized spacial score (nSPS) is 20.8. The number of nitrogens with zero attached hydrogens (tertiary/aromatic N) is 7. The van der Waals surface area contributed by atoms with Crippen LogP contribution >= 0.6 is 0 Å². The number of aromatic nitrogens is 7. The lowest BCUT2D eigenvalue weighted by Crippen LogP contribution is -2.46. The van der Waals surface area contributed by atoms with Crippen molar-refractivity contribution in [3.05, 3.63) is 92.5 Å². The van der Waals surface area contributed by atoms with Gasteiger partial charge in [0, 0.05) is 56.5 Å². The van der Waals surface area contributed by atoms with Crippen molar-refractivity contribution in [3.8, 4) is 11.4 Å². The smallest absolute Gasteiger partial charge is 0.330 e. The summed E-state index contributed by atoms with van der Waals surface area (Å²) in [6.07, 6.45) is 2.59. The molecule has 2 aliphatic rings. The van der Waals surface area contributed by atoms with Gasteiger partial charge >= 0.3 is 5.69 Å². The molecule has 47 heavy (non-hydrogen) atoms. The highest BCUT2D eigenvalue weighted by atomic mass is 16.5. The van der Waals surface area contributed by atoms with Gasteiger partial charge in [-0.25, -0.2) is 14.5 Å². The highest BCUT2D eigenvalue weighted by molar-refractivity contribution is 5.91. The fraction of sp³-hybridized carbons (Fsp3) is 0.441. The van der Waals surface area contributed by atoms with Gasteiger partial charge in [0.1, 0.15) is 23.7 Å². The highest BCUT2D eigenvalue weighted by Crippen LogP contribution is 2.36. The largest absolute Gasteiger partial charge is 0.394 e. The van der Waals surface area contributed by atoms with E-state index in [1.54, 1.807) is 11.6 Å². The number of imidazole rings is 1. The first-order valence-corrected chi connectivity index (χ1v) is 16.1. The predicted molar refractivity (Wildman–Crippen MR) is 178 cm³/mol. The fourth-order valence-corrected chi connectivity index (χ4v) is 6.59. The molecule has 13 nitrogen and oxygen atoms in total. The molecule has 5 aromatic rings. The Hall–Kier alpha value is -4.59. The summed E-state index contributed by atoms with van der Waals surface area (Å²) in [5.41, 5.74) is 5.87. The maximum Gasteiger partial charge on any atom is 0.330 e. The van der Waals surface area contributed by atoms with Gasteiger partial charge in [0.05, 0.1) is 35.7 Å². The summed E-state index contributed by atoms with van der Waals surface area (Å²) in [6.45, 7) is 12.1. The molecule has 5 heterocycles. The second-order valence-corrected chi connectivity index (χ2v) is 13.6. The number of piperazine rings is 1. The van der Waals surface area contributed by atoms with E-state index in [2.05, 4.69) is 93.3 Å². The van der Waals surface area contributed by atoms with Gasteiger partial charge in [0.25, 0.3) is 5.56 Å². The standard InChI is InChI=1S/C34H41N9O4/c1-21-17-42(33(46)37-32(21)45)29-16-27(28(20-44)47-29)43-19-24(38-39-43)18-40-12-14-41(15-13-40)26-7-5-6-25-30(26)36-31(35-25)22-8-10-23(11-9-22)34(2,3)4/h5-11,17,19,27-29,44H,12-16,18,20H2,1-4H3,(H,35,36)(H,37,45,46)/t27-,28-,29-/m1/s1. The predicted octanol–water partition coefficient (Wildman–Crippen LogP) is 3.12. The minimum Gasteiger partial charge on any atom is -0.394 e. The van der Waals surface area contributed by atoms with Gasteiger partial charge in [-0.1, -0.05) is 56.3 Å². The number of hydrogen-bond acceptors (Lipinski definition) is 9. The van der Waals surface area contributed by atoms with Crippen LogP contribution in [0, 0.1) is 6.92 Å². The Balaban J connectivity index is 0.998. The van der Waals surface area contributed by atoms with E-state index in [4.69, 9.17) is 9.72 Å². The molecule has 246 valence electrons. The molecule has 0 unspecified atom stereocenters. The van der Waals surface area contributed by atoms with E-state index in [0.29, 0.717) is 18.5 Å². The van der Waals surface area contributed by atoms with Crippen LogP contribution in [0.15, 0.2) is 64.4 Å². The molecular weight excluding hydrogens is 598 g/mol. The molecule has 0 spiro atoms. The Labute approximate surface area is 271 Å². The SMILES string of the molecule is Cc1cn([C@H]2C[C@@H](n3cc(CN4CCN(c5cccc6[nH]c(-c7ccc(C(C)(C)C)cc7)nc56)CC4)nn3)[C@@H](CO)O2)c(=O)[nH]c1=O. The zero-order chi connectivity index (χ0) is 32.9. The van der Waals surface area contributed by atoms with E-state index in [9.17, 15) is 14.7 Å². The second kappa shape index (κ2) is 12.2. The van der Waals surface area contributed by atoms with Gasteiger partial charge in [-0.3, -0.25) is 19.2 Å².